The van der Waals surface area contributed by atoms with E-state index in [9.17, 15) is 9.59 Å². The van der Waals surface area contributed by atoms with Gasteiger partial charge in [0.05, 0.1) is 5.75 Å². The van der Waals surface area contributed by atoms with E-state index in [4.69, 9.17) is 18.6 Å². The molecule has 0 atom stereocenters. The summed E-state index contributed by atoms with van der Waals surface area (Å²) in [5.74, 6) is 1.57. The number of amides is 1. The topological polar surface area (TPSA) is 118 Å². The molecule has 3 aromatic rings. The molecule has 0 unspecified atom stereocenters. The summed E-state index contributed by atoms with van der Waals surface area (Å²) in [6, 6.07) is 6.36. The Bertz CT molecular complexity index is 1100. The van der Waals surface area contributed by atoms with E-state index in [1.807, 2.05) is 7.05 Å². The van der Waals surface area contributed by atoms with Gasteiger partial charge in [-0.1, -0.05) is 11.8 Å². The molecule has 29 heavy (non-hydrogen) atoms. The quantitative estimate of drug-likeness (QED) is 0.575. The number of aromatic nitrogens is 3. The van der Waals surface area contributed by atoms with Crippen LogP contribution in [0, 0.1) is 0 Å². The van der Waals surface area contributed by atoms with Crippen molar-refractivity contribution in [1.29, 1.82) is 0 Å². The molecule has 3 heterocycles. The maximum Gasteiger partial charge on any atom is 0.262 e. The molecule has 0 spiro atoms. The number of aryl methyl sites for hydroxylation is 1. The van der Waals surface area contributed by atoms with Crippen LogP contribution in [0.2, 0.25) is 0 Å². The number of benzene rings is 1. The summed E-state index contributed by atoms with van der Waals surface area (Å²) < 4.78 is 22.9. The molecule has 10 nitrogen and oxygen atoms in total. The fraction of sp³-hybridized carbons (Fsp3) is 0.222. The number of thioether (sulfide) groups is 1. The summed E-state index contributed by atoms with van der Waals surface area (Å²) in [4.78, 5) is 24.2. The third-order valence-electron chi connectivity index (χ3n) is 3.88. The van der Waals surface area contributed by atoms with Crippen LogP contribution >= 0.6 is 11.8 Å². The molecular formula is C18H16N4O6S. The molecule has 0 saturated carbocycles. The number of fused-ring (bicyclic) bond motifs is 1. The SMILES string of the molecule is Cn1cnnc1SCc1cc(=O)c(OCC(=O)Nc2ccc3c(c2)OCO3)co1. The lowest BCUT2D eigenvalue weighted by atomic mass is 10.3. The molecule has 0 radical (unpaired) electrons. The predicted octanol–water partition coefficient (Wildman–Crippen LogP) is 1.81. The Hall–Kier alpha value is -3.47. The average Bonchev–Trinajstić information content (AvgIpc) is 3.33. The first-order chi connectivity index (χ1) is 14.1. The molecule has 0 fully saturated rings. The van der Waals surface area contributed by atoms with Gasteiger partial charge in [-0.25, -0.2) is 0 Å². The van der Waals surface area contributed by atoms with E-state index in [1.54, 1.807) is 29.1 Å². The second-order valence-corrected chi connectivity index (χ2v) is 6.94. The highest BCUT2D eigenvalue weighted by molar-refractivity contribution is 7.98. The maximum absolute atomic E-state index is 12.2. The number of anilines is 1. The number of nitrogens with zero attached hydrogens (tertiary/aromatic N) is 3. The van der Waals surface area contributed by atoms with Crippen molar-refractivity contribution < 1.29 is 23.4 Å². The molecule has 0 bridgehead atoms. The molecule has 11 heteroatoms. The highest BCUT2D eigenvalue weighted by Crippen LogP contribution is 2.34. The van der Waals surface area contributed by atoms with Gasteiger partial charge < -0.3 is 28.5 Å². The largest absolute Gasteiger partial charge is 0.477 e. The van der Waals surface area contributed by atoms with Crippen LogP contribution < -0.4 is 25.0 Å². The third-order valence-corrected chi connectivity index (χ3v) is 4.94. The van der Waals surface area contributed by atoms with E-state index in [2.05, 4.69) is 15.5 Å². The van der Waals surface area contributed by atoms with Crippen LogP contribution in [0.3, 0.4) is 0 Å². The number of nitrogens with one attached hydrogen (secondary N) is 1. The number of rotatable bonds is 7. The summed E-state index contributed by atoms with van der Waals surface area (Å²) in [5, 5.41) is 11.1. The van der Waals surface area contributed by atoms with E-state index in [1.165, 1.54) is 24.1 Å². The smallest absolute Gasteiger partial charge is 0.262 e. The molecular weight excluding hydrogens is 400 g/mol. The summed E-state index contributed by atoms with van der Waals surface area (Å²) in [6.07, 6.45) is 2.78. The molecule has 1 N–H and O–H groups in total. The molecule has 1 aliphatic rings. The zero-order chi connectivity index (χ0) is 20.2. The van der Waals surface area contributed by atoms with Crippen molar-refractivity contribution in [3.8, 4) is 17.2 Å². The van der Waals surface area contributed by atoms with Crippen molar-refractivity contribution in [2.45, 2.75) is 10.9 Å². The second kappa shape index (κ2) is 8.27. The number of carbonyl (C=O) groups excluding carboxylic acids is 1. The lowest BCUT2D eigenvalue weighted by Crippen LogP contribution is -2.22. The van der Waals surface area contributed by atoms with Gasteiger partial charge in [0.15, 0.2) is 23.3 Å². The first-order valence-corrected chi connectivity index (χ1v) is 9.48. The van der Waals surface area contributed by atoms with Gasteiger partial charge in [0.1, 0.15) is 18.4 Å². The van der Waals surface area contributed by atoms with Crippen molar-refractivity contribution in [1.82, 2.24) is 14.8 Å². The van der Waals surface area contributed by atoms with Crippen molar-refractivity contribution >= 4 is 23.4 Å². The minimum atomic E-state index is -0.426. The standard InChI is InChI=1S/C18H16N4O6S/c1-22-9-19-21-18(22)29-8-12-5-13(23)16(6-25-12)26-7-17(24)20-11-2-3-14-15(4-11)28-10-27-14/h2-6,9H,7-8,10H2,1H3,(H,20,24). The average molecular weight is 416 g/mol. The highest BCUT2D eigenvalue weighted by atomic mass is 32.2. The normalized spacial score (nSPS) is 12.0. The van der Waals surface area contributed by atoms with Gasteiger partial charge in [0, 0.05) is 24.9 Å². The number of hydrogen-bond donors (Lipinski definition) is 1. The lowest BCUT2D eigenvalue weighted by molar-refractivity contribution is -0.118. The number of ether oxygens (including phenoxy) is 3. The second-order valence-electron chi connectivity index (χ2n) is 5.99. The Morgan fingerprint density at radius 2 is 2.17 bits per heavy atom. The molecule has 2 aromatic heterocycles. The van der Waals surface area contributed by atoms with Crippen LogP contribution in [0.1, 0.15) is 5.76 Å². The van der Waals surface area contributed by atoms with Crippen LogP contribution in [0.5, 0.6) is 17.2 Å². The predicted molar refractivity (Wildman–Crippen MR) is 102 cm³/mol. The summed E-state index contributed by atoms with van der Waals surface area (Å²) >= 11 is 1.38. The molecule has 1 aromatic carbocycles. The van der Waals surface area contributed by atoms with E-state index in [-0.39, 0.29) is 24.6 Å². The Morgan fingerprint density at radius 1 is 1.31 bits per heavy atom. The van der Waals surface area contributed by atoms with E-state index in [0.29, 0.717) is 33.9 Å². The van der Waals surface area contributed by atoms with Crippen molar-refractivity contribution in [3.63, 3.8) is 0 Å². The molecule has 4 rings (SSSR count). The highest BCUT2D eigenvalue weighted by Gasteiger charge is 2.15. The van der Waals surface area contributed by atoms with Crippen molar-refractivity contribution in [2.75, 3.05) is 18.7 Å². The van der Waals surface area contributed by atoms with Crippen LogP contribution in [-0.2, 0) is 17.6 Å². The molecule has 1 amide bonds. The molecule has 150 valence electrons. The van der Waals surface area contributed by atoms with E-state index in [0.717, 1.165) is 0 Å². The van der Waals surface area contributed by atoms with Gasteiger partial charge >= 0.3 is 0 Å². The Balaban J connectivity index is 1.30. The van der Waals surface area contributed by atoms with Crippen LogP contribution in [0.25, 0.3) is 0 Å². The van der Waals surface area contributed by atoms with Gasteiger partial charge in [0.2, 0.25) is 18.0 Å². The molecule has 0 saturated heterocycles. The summed E-state index contributed by atoms with van der Waals surface area (Å²) in [7, 11) is 1.82. The van der Waals surface area contributed by atoms with Crippen molar-refractivity contribution in [3.05, 3.63) is 52.8 Å². The van der Waals surface area contributed by atoms with Crippen LogP contribution in [0.15, 0.2) is 51.2 Å². The zero-order valence-electron chi connectivity index (χ0n) is 15.3. The van der Waals surface area contributed by atoms with Gasteiger partial charge in [-0.15, -0.1) is 10.2 Å². The van der Waals surface area contributed by atoms with Crippen LogP contribution in [-0.4, -0.2) is 34.1 Å². The fourth-order valence-corrected chi connectivity index (χ4v) is 3.25. The Morgan fingerprint density at radius 3 is 2.97 bits per heavy atom. The van der Waals surface area contributed by atoms with Gasteiger partial charge in [0.25, 0.3) is 5.91 Å². The van der Waals surface area contributed by atoms with Gasteiger partial charge in [-0.3, -0.25) is 9.59 Å². The van der Waals surface area contributed by atoms with E-state index >= 15 is 0 Å². The molecule has 0 aliphatic carbocycles. The molecule has 1 aliphatic heterocycles. The minimum Gasteiger partial charge on any atom is -0.477 e. The van der Waals surface area contributed by atoms with E-state index < -0.39 is 5.91 Å². The maximum atomic E-state index is 12.2. The van der Waals surface area contributed by atoms with Gasteiger partial charge in [-0.2, -0.15) is 0 Å². The van der Waals surface area contributed by atoms with Gasteiger partial charge in [-0.05, 0) is 12.1 Å². The summed E-state index contributed by atoms with van der Waals surface area (Å²) in [6.45, 7) is -0.190. The Labute approximate surface area is 168 Å². The zero-order valence-corrected chi connectivity index (χ0v) is 16.1. The minimum absolute atomic E-state index is 0.0433. The monoisotopic (exact) mass is 416 g/mol. The number of carbonyl (C=O) groups is 1. The summed E-state index contributed by atoms with van der Waals surface area (Å²) in [5.41, 5.74) is 0.159. The van der Waals surface area contributed by atoms with Crippen LogP contribution in [0.4, 0.5) is 5.69 Å². The first-order valence-electron chi connectivity index (χ1n) is 8.49. The number of hydrogen-bond acceptors (Lipinski definition) is 9. The third kappa shape index (κ3) is 4.51. The lowest BCUT2D eigenvalue weighted by Gasteiger charge is -2.08. The Kier molecular flexibility index (Phi) is 5.38. The first kappa shape index (κ1) is 18.9. The van der Waals surface area contributed by atoms with Crippen molar-refractivity contribution in [2.24, 2.45) is 7.05 Å². The fourth-order valence-electron chi connectivity index (χ4n) is 2.47.